The van der Waals surface area contributed by atoms with Crippen LogP contribution >= 0.6 is 24.8 Å². The van der Waals surface area contributed by atoms with Gasteiger partial charge < -0.3 is 21.1 Å². The molecule has 7 nitrogen and oxygen atoms in total. The van der Waals surface area contributed by atoms with Crippen LogP contribution in [0.4, 0.5) is 5.69 Å². The Bertz CT molecular complexity index is 1110. The maximum absolute atomic E-state index is 13.2. The van der Waals surface area contributed by atoms with Crippen molar-refractivity contribution in [2.45, 2.75) is 38.1 Å². The highest BCUT2D eigenvalue weighted by Crippen LogP contribution is 2.28. The molecule has 1 atom stereocenters. The lowest BCUT2D eigenvalue weighted by molar-refractivity contribution is -0.130. The second kappa shape index (κ2) is 15.2. The lowest BCUT2D eigenvalue weighted by Gasteiger charge is -2.28. The minimum absolute atomic E-state index is 0. The summed E-state index contributed by atoms with van der Waals surface area (Å²) in [6.07, 6.45) is 7.06. The van der Waals surface area contributed by atoms with E-state index >= 15 is 0 Å². The van der Waals surface area contributed by atoms with Crippen LogP contribution < -0.4 is 21.1 Å². The summed E-state index contributed by atoms with van der Waals surface area (Å²) in [4.78, 5) is 30.3. The molecular weight excluding hydrogens is 511 g/mol. The van der Waals surface area contributed by atoms with Crippen molar-refractivity contribution in [1.29, 1.82) is 0 Å². The summed E-state index contributed by atoms with van der Waals surface area (Å²) in [5, 5.41) is 5.92. The molecular formula is C28H34Cl2N4O3. The Morgan fingerprint density at radius 2 is 1.59 bits per heavy atom. The number of carbonyl (C=O) groups excluding carboxylic acids is 2. The van der Waals surface area contributed by atoms with Crippen molar-refractivity contribution < 1.29 is 14.3 Å². The maximum Gasteiger partial charge on any atom is 0.247 e. The van der Waals surface area contributed by atoms with Gasteiger partial charge in [-0.2, -0.15) is 0 Å². The second-order valence-corrected chi connectivity index (χ2v) is 9.01. The molecule has 198 valence electrons. The molecule has 9 heteroatoms. The van der Waals surface area contributed by atoms with Gasteiger partial charge in [-0.1, -0.05) is 30.3 Å². The molecule has 0 spiro atoms. The summed E-state index contributed by atoms with van der Waals surface area (Å²) < 4.78 is 5.95. The van der Waals surface area contributed by atoms with Gasteiger partial charge in [0.1, 0.15) is 17.5 Å². The minimum atomic E-state index is -0.727. The molecule has 3 aromatic rings. The van der Waals surface area contributed by atoms with Crippen molar-refractivity contribution >= 4 is 42.3 Å². The molecule has 1 aliphatic rings. The molecule has 0 saturated heterocycles. The molecule has 2 amide bonds. The molecule has 0 radical (unpaired) electrons. The van der Waals surface area contributed by atoms with E-state index in [0.717, 1.165) is 37.0 Å². The number of benzene rings is 2. The zero-order chi connectivity index (χ0) is 24.5. The molecule has 0 aliphatic heterocycles. The summed E-state index contributed by atoms with van der Waals surface area (Å²) in [7, 11) is 0. The van der Waals surface area contributed by atoms with Crippen LogP contribution in [0.25, 0.3) is 0 Å². The largest absolute Gasteiger partial charge is 0.457 e. The standard InChI is InChI=1S/C28H32N4O3.2ClH/c29-19-20-9-11-22(12-10-20)27(33)32-26(28(34)31-23-13-15-30-16-14-23)18-21-5-4-8-25(17-21)35-24-6-2-1-3-7-24;;/h1-8,13-17,20,22,26H,9-12,18-19,29H2,(H,32,33)(H,30,31,34);2*1H/t20?,22?,26-;;/m0../s1. The summed E-state index contributed by atoms with van der Waals surface area (Å²) in [5.41, 5.74) is 7.32. The Balaban J connectivity index is 0.00000241. The predicted octanol–water partition coefficient (Wildman–Crippen LogP) is 5.15. The molecule has 1 aliphatic carbocycles. The van der Waals surface area contributed by atoms with Gasteiger partial charge >= 0.3 is 0 Å². The number of pyridine rings is 1. The Hall–Kier alpha value is -3.13. The third-order valence-electron chi connectivity index (χ3n) is 6.45. The molecule has 4 rings (SSSR count). The van der Waals surface area contributed by atoms with Crippen molar-refractivity contribution in [3.63, 3.8) is 0 Å². The molecule has 1 saturated carbocycles. The van der Waals surface area contributed by atoms with Crippen LogP contribution in [0, 0.1) is 11.8 Å². The molecule has 0 unspecified atom stereocenters. The van der Waals surface area contributed by atoms with Crippen LogP contribution in [0.2, 0.25) is 0 Å². The van der Waals surface area contributed by atoms with Gasteiger partial charge in [0.2, 0.25) is 11.8 Å². The zero-order valence-corrected chi connectivity index (χ0v) is 22.2. The zero-order valence-electron chi connectivity index (χ0n) is 20.5. The number of hydrogen-bond acceptors (Lipinski definition) is 5. The number of amides is 2. The number of anilines is 1. The lowest BCUT2D eigenvalue weighted by Crippen LogP contribution is -2.48. The van der Waals surface area contributed by atoms with E-state index in [4.69, 9.17) is 10.5 Å². The van der Waals surface area contributed by atoms with Crippen LogP contribution in [0.3, 0.4) is 0 Å². The number of rotatable bonds is 9. The highest BCUT2D eigenvalue weighted by molar-refractivity contribution is 5.97. The number of carbonyl (C=O) groups is 2. The van der Waals surface area contributed by atoms with Crippen LogP contribution in [-0.4, -0.2) is 29.4 Å². The first-order valence-corrected chi connectivity index (χ1v) is 12.1. The second-order valence-electron chi connectivity index (χ2n) is 9.01. The van der Waals surface area contributed by atoms with E-state index in [1.165, 1.54) is 0 Å². The first kappa shape index (κ1) is 30.1. The van der Waals surface area contributed by atoms with E-state index in [-0.39, 0.29) is 42.5 Å². The topological polar surface area (TPSA) is 106 Å². The summed E-state index contributed by atoms with van der Waals surface area (Å²) in [5.74, 6) is 1.45. The van der Waals surface area contributed by atoms with Crippen molar-refractivity contribution in [3.8, 4) is 11.5 Å². The van der Waals surface area contributed by atoms with E-state index in [2.05, 4.69) is 15.6 Å². The van der Waals surface area contributed by atoms with Crippen molar-refractivity contribution in [3.05, 3.63) is 84.7 Å². The Morgan fingerprint density at radius 1 is 0.919 bits per heavy atom. The van der Waals surface area contributed by atoms with Crippen LogP contribution in [-0.2, 0) is 16.0 Å². The quantitative estimate of drug-likeness (QED) is 0.345. The average molecular weight is 546 g/mol. The van der Waals surface area contributed by atoms with Gasteiger partial charge in [0.05, 0.1) is 0 Å². The highest BCUT2D eigenvalue weighted by atomic mass is 35.5. The SMILES string of the molecule is Cl.Cl.NCC1CCC(C(=O)N[C@@H](Cc2cccc(Oc3ccccc3)c2)C(=O)Nc2ccncc2)CC1. The summed E-state index contributed by atoms with van der Waals surface area (Å²) in [6, 6.07) is 19.8. The third-order valence-corrected chi connectivity index (χ3v) is 6.45. The minimum Gasteiger partial charge on any atom is -0.457 e. The summed E-state index contributed by atoms with van der Waals surface area (Å²) in [6.45, 7) is 0.659. The normalized spacial score (nSPS) is 17.3. The molecule has 37 heavy (non-hydrogen) atoms. The molecule has 4 N–H and O–H groups in total. The van der Waals surface area contributed by atoms with E-state index in [0.29, 0.717) is 30.3 Å². The molecule has 1 heterocycles. The predicted molar refractivity (Wildman–Crippen MR) is 150 cm³/mol. The monoisotopic (exact) mass is 544 g/mol. The van der Waals surface area contributed by atoms with Crippen molar-refractivity contribution in [2.75, 3.05) is 11.9 Å². The van der Waals surface area contributed by atoms with Gasteiger partial charge in [-0.3, -0.25) is 14.6 Å². The van der Waals surface area contributed by atoms with Gasteiger partial charge in [0.25, 0.3) is 0 Å². The molecule has 0 bridgehead atoms. The number of ether oxygens (including phenoxy) is 1. The van der Waals surface area contributed by atoms with E-state index in [1.54, 1.807) is 24.5 Å². The first-order valence-electron chi connectivity index (χ1n) is 12.1. The Kier molecular flexibility index (Phi) is 12.4. The van der Waals surface area contributed by atoms with Gasteiger partial charge in [-0.05, 0) is 80.1 Å². The van der Waals surface area contributed by atoms with Crippen molar-refractivity contribution in [2.24, 2.45) is 17.6 Å². The Labute approximate surface area is 230 Å². The molecule has 1 aromatic heterocycles. The number of nitrogens with zero attached hydrogens (tertiary/aromatic N) is 1. The van der Waals surface area contributed by atoms with E-state index in [9.17, 15) is 9.59 Å². The number of nitrogens with two attached hydrogens (primary N) is 1. The van der Waals surface area contributed by atoms with Gasteiger partial charge in [-0.25, -0.2) is 0 Å². The fourth-order valence-corrected chi connectivity index (χ4v) is 4.42. The summed E-state index contributed by atoms with van der Waals surface area (Å²) >= 11 is 0. The molecule has 1 fully saturated rings. The van der Waals surface area contributed by atoms with E-state index in [1.807, 2.05) is 54.6 Å². The first-order chi connectivity index (χ1) is 17.1. The van der Waals surface area contributed by atoms with Crippen LogP contribution in [0.1, 0.15) is 31.2 Å². The number of hydrogen-bond donors (Lipinski definition) is 3. The van der Waals surface area contributed by atoms with Gasteiger partial charge in [0.15, 0.2) is 0 Å². The lowest BCUT2D eigenvalue weighted by atomic mass is 9.81. The average Bonchev–Trinajstić information content (AvgIpc) is 2.89. The Morgan fingerprint density at radius 3 is 2.27 bits per heavy atom. The van der Waals surface area contributed by atoms with Crippen LogP contribution in [0.5, 0.6) is 11.5 Å². The fourth-order valence-electron chi connectivity index (χ4n) is 4.42. The maximum atomic E-state index is 13.2. The molecule has 2 aromatic carbocycles. The van der Waals surface area contributed by atoms with Crippen LogP contribution in [0.15, 0.2) is 79.1 Å². The van der Waals surface area contributed by atoms with Crippen molar-refractivity contribution in [1.82, 2.24) is 10.3 Å². The number of nitrogens with one attached hydrogen (secondary N) is 2. The smallest absolute Gasteiger partial charge is 0.247 e. The number of halogens is 2. The fraction of sp³-hybridized carbons (Fsp3) is 0.321. The van der Waals surface area contributed by atoms with Gasteiger partial charge in [0, 0.05) is 30.4 Å². The number of para-hydroxylation sites is 1. The number of aromatic nitrogens is 1. The highest BCUT2D eigenvalue weighted by Gasteiger charge is 2.29. The van der Waals surface area contributed by atoms with E-state index < -0.39 is 6.04 Å². The third kappa shape index (κ3) is 9.04. The van der Waals surface area contributed by atoms with Gasteiger partial charge in [-0.15, -0.1) is 24.8 Å².